The zero-order chi connectivity index (χ0) is 21.0. The molecular formula is C20H18BrN3O4S. The molecule has 0 fully saturated rings. The molecule has 0 spiro atoms. The average molecular weight is 476 g/mol. The van der Waals surface area contributed by atoms with E-state index in [2.05, 4.69) is 26.2 Å². The van der Waals surface area contributed by atoms with Gasteiger partial charge in [0.25, 0.3) is 5.91 Å². The smallest absolute Gasteiger partial charge is 0.326 e. The zero-order valence-electron chi connectivity index (χ0n) is 15.8. The van der Waals surface area contributed by atoms with Crippen LogP contribution < -0.4 is 10.1 Å². The van der Waals surface area contributed by atoms with Gasteiger partial charge in [-0.3, -0.25) is 14.4 Å². The maximum Gasteiger partial charge on any atom is 0.326 e. The molecule has 3 rings (SSSR count). The number of esters is 1. The highest BCUT2D eigenvalue weighted by Crippen LogP contribution is 2.23. The monoisotopic (exact) mass is 475 g/mol. The fourth-order valence-electron chi connectivity index (χ4n) is 2.71. The summed E-state index contributed by atoms with van der Waals surface area (Å²) < 4.78 is 8.12. The van der Waals surface area contributed by atoms with Gasteiger partial charge in [-0.15, -0.1) is 0 Å². The molecule has 9 heteroatoms. The standard InChI is InChI=1S/C20H18BrN3O4S/c1-3-28-18(26)11-24-16-9-8-13(22-12(2)25)10-17(16)29-20(24)23-19(27)14-6-4-5-7-15(14)21/h4-10H,3,11H2,1-2H3,(H,22,25). The van der Waals surface area contributed by atoms with Gasteiger partial charge in [-0.25, -0.2) is 0 Å². The van der Waals surface area contributed by atoms with E-state index >= 15 is 0 Å². The van der Waals surface area contributed by atoms with Crippen LogP contribution in [-0.2, 0) is 20.9 Å². The van der Waals surface area contributed by atoms with Crippen molar-refractivity contribution in [1.82, 2.24) is 4.57 Å². The third-order valence-electron chi connectivity index (χ3n) is 3.90. The number of nitrogens with one attached hydrogen (secondary N) is 1. The number of carbonyl (C=O) groups is 3. The fourth-order valence-corrected chi connectivity index (χ4v) is 4.23. The summed E-state index contributed by atoms with van der Waals surface area (Å²) in [6.45, 7) is 3.35. The third kappa shape index (κ3) is 4.99. The fraction of sp³-hybridized carbons (Fsp3) is 0.200. The van der Waals surface area contributed by atoms with Gasteiger partial charge in [0.1, 0.15) is 6.54 Å². The van der Waals surface area contributed by atoms with Gasteiger partial charge in [-0.2, -0.15) is 4.99 Å². The average Bonchev–Trinajstić information content (AvgIpc) is 2.98. The van der Waals surface area contributed by atoms with E-state index in [0.717, 1.165) is 10.2 Å². The topological polar surface area (TPSA) is 89.8 Å². The Morgan fingerprint density at radius 2 is 1.97 bits per heavy atom. The molecule has 150 valence electrons. The Labute approximate surface area is 179 Å². The highest BCUT2D eigenvalue weighted by molar-refractivity contribution is 9.10. The number of aromatic nitrogens is 1. The van der Waals surface area contributed by atoms with E-state index in [-0.39, 0.29) is 19.1 Å². The van der Waals surface area contributed by atoms with E-state index in [0.29, 0.717) is 20.5 Å². The molecule has 3 aromatic rings. The van der Waals surface area contributed by atoms with Crippen molar-refractivity contribution < 1.29 is 19.1 Å². The molecule has 2 amide bonds. The van der Waals surface area contributed by atoms with E-state index in [1.807, 2.05) is 6.07 Å². The van der Waals surface area contributed by atoms with Crippen LogP contribution >= 0.6 is 27.3 Å². The maximum absolute atomic E-state index is 12.7. The number of nitrogens with zero attached hydrogens (tertiary/aromatic N) is 2. The summed E-state index contributed by atoms with van der Waals surface area (Å²) in [6, 6.07) is 12.3. The number of fused-ring (bicyclic) bond motifs is 1. The van der Waals surface area contributed by atoms with Crippen LogP contribution in [0.15, 0.2) is 51.9 Å². The van der Waals surface area contributed by atoms with Crippen LogP contribution in [0.3, 0.4) is 0 Å². The molecule has 0 bridgehead atoms. The van der Waals surface area contributed by atoms with Crippen molar-refractivity contribution in [1.29, 1.82) is 0 Å². The summed E-state index contributed by atoms with van der Waals surface area (Å²) >= 11 is 4.61. The maximum atomic E-state index is 12.7. The second kappa shape index (κ2) is 9.15. The lowest BCUT2D eigenvalue weighted by atomic mass is 10.2. The molecule has 29 heavy (non-hydrogen) atoms. The lowest BCUT2D eigenvalue weighted by Crippen LogP contribution is -2.23. The number of halogens is 1. The number of hydrogen-bond donors (Lipinski definition) is 1. The number of thiazole rings is 1. The number of benzene rings is 2. The van der Waals surface area contributed by atoms with E-state index in [9.17, 15) is 14.4 Å². The molecule has 0 aliphatic heterocycles. The van der Waals surface area contributed by atoms with Gasteiger partial charge in [0.2, 0.25) is 5.91 Å². The number of amides is 2. The van der Waals surface area contributed by atoms with Crippen molar-refractivity contribution >= 4 is 61.0 Å². The van der Waals surface area contributed by atoms with E-state index in [1.165, 1.54) is 18.3 Å². The molecule has 0 aliphatic carbocycles. The van der Waals surface area contributed by atoms with Crippen LogP contribution in [0.1, 0.15) is 24.2 Å². The Morgan fingerprint density at radius 3 is 2.66 bits per heavy atom. The van der Waals surface area contributed by atoms with Crippen LogP contribution in [0.25, 0.3) is 10.2 Å². The van der Waals surface area contributed by atoms with Crippen LogP contribution in [0, 0.1) is 0 Å². The van der Waals surface area contributed by atoms with Gasteiger partial charge >= 0.3 is 5.97 Å². The minimum absolute atomic E-state index is 0.0740. The predicted molar refractivity (Wildman–Crippen MR) is 115 cm³/mol. The summed E-state index contributed by atoms with van der Waals surface area (Å²) in [5.74, 6) is -1.04. The van der Waals surface area contributed by atoms with Gasteiger partial charge in [0, 0.05) is 17.1 Å². The molecule has 0 unspecified atom stereocenters. The van der Waals surface area contributed by atoms with Crippen LogP contribution in [0.4, 0.5) is 5.69 Å². The second-order valence-electron chi connectivity index (χ2n) is 6.04. The van der Waals surface area contributed by atoms with Gasteiger partial charge in [0.05, 0.1) is 22.4 Å². The normalized spacial score (nSPS) is 11.5. The third-order valence-corrected chi connectivity index (χ3v) is 5.63. The molecule has 1 N–H and O–H groups in total. The minimum Gasteiger partial charge on any atom is -0.465 e. The first kappa shape index (κ1) is 20.9. The summed E-state index contributed by atoms with van der Waals surface area (Å²) in [5, 5.41) is 2.72. The van der Waals surface area contributed by atoms with Crippen molar-refractivity contribution in [2.75, 3.05) is 11.9 Å². The van der Waals surface area contributed by atoms with Crippen LogP contribution in [0.2, 0.25) is 0 Å². The molecule has 7 nitrogen and oxygen atoms in total. The van der Waals surface area contributed by atoms with Crippen molar-refractivity contribution in [3.8, 4) is 0 Å². The largest absolute Gasteiger partial charge is 0.465 e. The lowest BCUT2D eigenvalue weighted by Gasteiger charge is -2.06. The first-order valence-electron chi connectivity index (χ1n) is 8.79. The van der Waals surface area contributed by atoms with Crippen molar-refractivity contribution in [2.24, 2.45) is 4.99 Å². The number of ether oxygens (including phenoxy) is 1. The molecule has 1 aromatic heterocycles. The highest BCUT2D eigenvalue weighted by Gasteiger charge is 2.14. The SMILES string of the molecule is CCOC(=O)Cn1c(=NC(=O)c2ccccc2Br)sc2cc(NC(C)=O)ccc21. The molecule has 0 radical (unpaired) electrons. The summed E-state index contributed by atoms with van der Waals surface area (Å²) in [6.07, 6.45) is 0. The summed E-state index contributed by atoms with van der Waals surface area (Å²) in [4.78, 5) is 40.8. The lowest BCUT2D eigenvalue weighted by molar-refractivity contribution is -0.143. The van der Waals surface area contributed by atoms with Crippen molar-refractivity contribution in [3.63, 3.8) is 0 Å². The van der Waals surface area contributed by atoms with Crippen molar-refractivity contribution in [2.45, 2.75) is 20.4 Å². The first-order valence-corrected chi connectivity index (χ1v) is 10.4. The zero-order valence-corrected chi connectivity index (χ0v) is 18.2. The first-order chi connectivity index (χ1) is 13.9. The Kier molecular flexibility index (Phi) is 6.60. The molecule has 0 aliphatic rings. The van der Waals surface area contributed by atoms with E-state index in [4.69, 9.17) is 4.74 Å². The number of carbonyl (C=O) groups excluding carboxylic acids is 3. The molecule has 1 heterocycles. The number of rotatable bonds is 5. The van der Waals surface area contributed by atoms with E-state index < -0.39 is 11.9 Å². The summed E-state index contributed by atoms with van der Waals surface area (Å²) in [7, 11) is 0. The molecule has 2 aromatic carbocycles. The second-order valence-corrected chi connectivity index (χ2v) is 7.90. The molecule has 0 saturated heterocycles. The molecule has 0 saturated carbocycles. The predicted octanol–water partition coefficient (Wildman–Crippen LogP) is 3.73. The Balaban J connectivity index is 2.12. The van der Waals surface area contributed by atoms with Crippen molar-refractivity contribution in [3.05, 3.63) is 57.3 Å². The Morgan fingerprint density at radius 1 is 1.21 bits per heavy atom. The van der Waals surface area contributed by atoms with E-state index in [1.54, 1.807) is 47.9 Å². The summed E-state index contributed by atoms with van der Waals surface area (Å²) in [5.41, 5.74) is 1.76. The van der Waals surface area contributed by atoms with Crippen LogP contribution in [-0.4, -0.2) is 29.0 Å². The Bertz CT molecular complexity index is 1170. The van der Waals surface area contributed by atoms with Gasteiger partial charge in [-0.1, -0.05) is 23.5 Å². The Hall–Kier alpha value is -2.78. The molecular weight excluding hydrogens is 458 g/mol. The molecule has 0 atom stereocenters. The minimum atomic E-state index is -0.427. The number of anilines is 1. The van der Waals surface area contributed by atoms with Gasteiger partial charge in [-0.05, 0) is 53.2 Å². The van der Waals surface area contributed by atoms with Gasteiger partial charge < -0.3 is 14.6 Å². The van der Waals surface area contributed by atoms with Crippen LogP contribution in [0.5, 0.6) is 0 Å². The quantitative estimate of drug-likeness (QED) is 0.569. The number of hydrogen-bond acceptors (Lipinski definition) is 5. The van der Waals surface area contributed by atoms with Gasteiger partial charge in [0.15, 0.2) is 4.80 Å². The highest BCUT2D eigenvalue weighted by atomic mass is 79.9.